The molecular formula is C19H26Br2N4. The van der Waals surface area contributed by atoms with Crippen molar-refractivity contribution in [3.8, 4) is 5.69 Å². The highest BCUT2D eigenvalue weighted by molar-refractivity contribution is 5.35. The summed E-state index contributed by atoms with van der Waals surface area (Å²) in [6.45, 7) is 8.88. The Bertz CT molecular complexity index is 780. The molecule has 0 spiro atoms. The van der Waals surface area contributed by atoms with E-state index >= 15 is 0 Å². The molecule has 1 atom stereocenters. The maximum atomic E-state index is 3.17. The first-order valence-corrected chi connectivity index (χ1v) is 8.34. The van der Waals surface area contributed by atoms with Crippen molar-refractivity contribution in [1.82, 2.24) is 9.55 Å². The first-order chi connectivity index (χ1) is 11.1. The van der Waals surface area contributed by atoms with Crippen LogP contribution in [0.1, 0.15) is 43.1 Å². The smallest absolute Gasteiger partial charge is 0.262 e. The van der Waals surface area contributed by atoms with E-state index in [9.17, 15) is 0 Å². The Balaban J connectivity index is 0.00000156. The summed E-state index contributed by atoms with van der Waals surface area (Å²) in [5, 5.41) is 0. The Morgan fingerprint density at radius 2 is 1.76 bits per heavy atom. The van der Waals surface area contributed by atoms with Gasteiger partial charge in [0.2, 0.25) is 12.5 Å². The average molecular weight is 470 g/mol. The van der Waals surface area contributed by atoms with E-state index in [0.29, 0.717) is 6.17 Å². The molecule has 2 aromatic heterocycles. The molecule has 0 radical (unpaired) electrons. The van der Waals surface area contributed by atoms with Crippen LogP contribution in [0.2, 0.25) is 0 Å². The van der Waals surface area contributed by atoms with Gasteiger partial charge >= 0.3 is 0 Å². The van der Waals surface area contributed by atoms with Crippen LogP contribution in [-0.4, -0.2) is 9.55 Å². The van der Waals surface area contributed by atoms with Crippen LogP contribution in [0, 0.1) is 20.8 Å². The summed E-state index contributed by atoms with van der Waals surface area (Å²) < 4.78 is 7.07. The van der Waals surface area contributed by atoms with Crippen molar-refractivity contribution in [3.63, 3.8) is 0 Å². The summed E-state index contributed by atoms with van der Waals surface area (Å²) in [6, 6.07) is 10.6. The number of para-hydroxylation sites is 1. The van der Waals surface area contributed by atoms with Gasteiger partial charge in [-0.1, -0.05) is 25.1 Å². The Hall–Kier alpha value is -1.40. The van der Waals surface area contributed by atoms with Gasteiger partial charge in [-0.25, -0.2) is 0 Å². The van der Waals surface area contributed by atoms with Crippen LogP contribution in [0.3, 0.4) is 0 Å². The van der Waals surface area contributed by atoms with E-state index in [2.05, 4.69) is 82.9 Å². The Morgan fingerprint density at radius 3 is 2.32 bits per heavy atom. The molecule has 1 N–H and O–H groups in total. The lowest BCUT2D eigenvalue weighted by Gasteiger charge is -2.12. The van der Waals surface area contributed by atoms with Gasteiger partial charge in [0, 0.05) is 27.2 Å². The van der Waals surface area contributed by atoms with Crippen LogP contribution in [0.4, 0.5) is 0 Å². The fourth-order valence-corrected chi connectivity index (χ4v) is 3.48. The molecule has 1 aromatic carbocycles. The highest BCUT2D eigenvalue weighted by Crippen LogP contribution is 2.18. The van der Waals surface area contributed by atoms with E-state index in [1.807, 2.05) is 12.5 Å². The molecule has 0 fully saturated rings. The highest BCUT2D eigenvalue weighted by atomic mass is 79.9. The lowest BCUT2D eigenvalue weighted by atomic mass is 10.2. The van der Waals surface area contributed by atoms with Crippen molar-refractivity contribution in [2.45, 2.75) is 46.7 Å². The van der Waals surface area contributed by atoms with Crippen molar-refractivity contribution in [1.29, 1.82) is 0 Å². The number of benzene rings is 1. The zero-order valence-electron chi connectivity index (χ0n) is 15.2. The average Bonchev–Trinajstić information content (AvgIpc) is 3.15. The fraction of sp³-hybridized carbons (Fsp3) is 0.368. The van der Waals surface area contributed by atoms with E-state index in [1.165, 1.54) is 22.9 Å². The van der Waals surface area contributed by atoms with Crippen LogP contribution in [-0.2, 0) is 0 Å². The van der Waals surface area contributed by atoms with E-state index in [-0.39, 0.29) is 34.0 Å². The number of hydrogen-bond acceptors (Lipinski definition) is 0. The number of rotatable bonds is 5. The number of aromatic nitrogens is 4. The number of H-pyrrole nitrogens is 1. The summed E-state index contributed by atoms with van der Waals surface area (Å²) in [7, 11) is 0. The second kappa shape index (κ2) is 9.34. The number of nitrogens with one attached hydrogen (secondary N) is 1. The number of imidazole rings is 2. The zero-order valence-corrected chi connectivity index (χ0v) is 18.4. The molecule has 1 unspecified atom stereocenters. The standard InChI is InChI=1S/C19H25N4.2BrH/c1-5-9-19(21-13-12-20-14-21)23-16(3)15(2)22(17(23)4)18-10-7-6-8-11-18;;/h6-8,10-14,19H,5,9H2,1-4H3;2*1H/q+1;;/p-1. The van der Waals surface area contributed by atoms with Crippen molar-refractivity contribution in [2.24, 2.45) is 0 Å². The third-order valence-corrected chi connectivity index (χ3v) is 4.66. The molecule has 4 nitrogen and oxygen atoms in total. The summed E-state index contributed by atoms with van der Waals surface area (Å²) in [6.07, 6.45) is 8.68. The van der Waals surface area contributed by atoms with Gasteiger partial charge in [0.05, 0.1) is 0 Å². The Labute approximate surface area is 171 Å². The molecule has 0 aliphatic carbocycles. The topological polar surface area (TPSA) is 28.5 Å². The number of hydrogen-bond donors (Lipinski definition) is 1. The second-order valence-electron chi connectivity index (χ2n) is 6.09. The molecule has 25 heavy (non-hydrogen) atoms. The first-order valence-electron chi connectivity index (χ1n) is 8.34. The van der Waals surface area contributed by atoms with Gasteiger partial charge in [0.1, 0.15) is 29.5 Å². The van der Waals surface area contributed by atoms with Crippen LogP contribution >= 0.6 is 0 Å². The van der Waals surface area contributed by atoms with E-state index < -0.39 is 0 Å². The normalized spacial score (nSPS) is 11.5. The molecule has 0 aliphatic rings. The minimum absolute atomic E-state index is 0. The SMILES string of the molecule is CCCC([n+]1cc[nH]c1)[n+]1c(C)c(C)n(-c2ccccc2)c1C.[Br-].[Br-]. The summed E-state index contributed by atoms with van der Waals surface area (Å²) in [5.74, 6) is 1.26. The third-order valence-electron chi connectivity index (χ3n) is 4.66. The lowest BCUT2D eigenvalue weighted by Crippen LogP contribution is -3.00. The second-order valence-corrected chi connectivity index (χ2v) is 6.09. The van der Waals surface area contributed by atoms with Gasteiger partial charge in [-0.2, -0.15) is 13.7 Å². The number of aromatic amines is 1. The van der Waals surface area contributed by atoms with Gasteiger partial charge in [-0.3, -0.25) is 4.98 Å². The highest BCUT2D eigenvalue weighted by Gasteiger charge is 2.32. The quantitative estimate of drug-likeness (QED) is 0.390. The summed E-state index contributed by atoms with van der Waals surface area (Å²) >= 11 is 0. The van der Waals surface area contributed by atoms with Gasteiger partial charge in [-0.05, 0) is 18.6 Å². The predicted molar refractivity (Wildman–Crippen MR) is 90.5 cm³/mol. The molecule has 2 heterocycles. The van der Waals surface area contributed by atoms with Crippen LogP contribution in [0.25, 0.3) is 5.69 Å². The van der Waals surface area contributed by atoms with Crippen molar-refractivity contribution >= 4 is 0 Å². The van der Waals surface area contributed by atoms with Gasteiger partial charge < -0.3 is 34.0 Å². The van der Waals surface area contributed by atoms with E-state index in [4.69, 9.17) is 0 Å². The molecule has 3 rings (SSSR count). The maximum absolute atomic E-state index is 3.17. The van der Waals surface area contributed by atoms with Crippen LogP contribution < -0.4 is 43.1 Å². The molecule has 136 valence electrons. The van der Waals surface area contributed by atoms with Gasteiger partial charge in [-0.15, -0.1) is 0 Å². The predicted octanol–water partition coefficient (Wildman–Crippen LogP) is -2.84. The largest absolute Gasteiger partial charge is 1.00 e. The van der Waals surface area contributed by atoms with E-state index in [1.54, 1.807) is 0 Å². The monoisotopic (exact) mass is 468 g/mol. The lowest BCUT2D eigenvalue weighted by molar-refractivity contribution is -0.949. The molecule has 0 amide bonds. The minimum atomic E-state index is 0. The zero-order chi connectivity index (χ0) is 16.4. The summed E-state index contributed by atoms with van der Waals surface area (Å²) in [5.41, 5.74) is 3.84. The molecule has 3 aromatic rings. The number of halogens is 2. The maximum Gasteiger partial charge on any atom is 0.262 e. The summed E-state index contributed by atoms with van der Waals surface area (Å²) in [4.78, 5) is 3.17. The van der Waals surface area contributed by atoms with Crippen LogP contribution in [0.15, 0.2) is 49.1 Å². The van der Waals surface area contributed by atoms with Crippen molar-refractivity contribution in [3.05, 3.63) is 66.3 Å². The molecule has 6 heteroatoms. The molecule has 0 aliphatic heterocycles. The molecule has 0 bridgehead atoms. The molecule has 0 saturated heterocycles. The Kier molecular flexibility index (Phi) is 8.09. The Morgan fingerprint density at radius 1 is 1.08 bits per heavy atom. The first kappa shape index (κ1) is 21.6. The molecule has 0 saturated carbocycles. The van der Waals surface area contributed by atoms with Gasteiger partial charge in [0.15, 0.2) is 0 Å². The third kappa shape index (κ3) is 4.06. The van der Waals surface area contributed by atoms with E-state index in [0.717, 1.165) is 12.8 Å². The fourth-order valence-electron chi connectivity index (χ4n) is 3.48. The molecular weight excluding hydrogens is 444 g/mol. The minimum Gasteiger partial charge on any atom is -1.00 e. The van der Waals surface area contributed by atoms with Gasteiger partial charge in [0.25, 0.3) is 5.82 Å². The van der Waals surface area contributed by atoms with Crippen molar-refractivity contribution < 1.29 is 43.1 Å². The van der Waals surface area contributed by atoms with Crippen LogP contribution in [0.5, 0.6) is 0 Å². The number of nitrogens with zero attached hydrogens (tertiary/aromatic N) is 3. The van der Waals surface area contributed by atoms with Crippen molar-refractivity contribution in [2.75, 3.05) is 0 Å².